The number of anilines is 1. The molecule has 0 spiro atoms. The SMILES string of the molecule is O=C(Nc1c(Cl)cccc1Cl)C1CCN(S(=O)(=O)c2ccc(Cl)cc2)CC1. The van der Waals surface area contributed by atoms with Gasteiger partial charge < -0.3 is 5.32 Å². The third-order valence-corrected chi connectivity index (χ3v) is 7.28. The highest BCUT2D eigenvalue weighted by molar-refractivity contribution is 7.89. The van der Waals surface area contributed by atoms with Crippen molar-refractivity contribution in [3.05, 3.63) is 57.5 Å². The van der Waals surface area contributed by atoms with E-state index >= 15 is 0 Å². The van der Waals surface area contributed by atoms with Crippen LogP contribution in [0.25, 0.3) is 0 Å². The fraction of sp³-hybridized carbons (Fsp3) is 0.278. The number of amides is 1. The quantitative estimate of drug-likeness (QED) is 0.739. The topological polar surface area (TPSA) is 66.5 Å². The second-order valence-corrected chi connectivity index (χ2v) is 9.41. The largest absolute Gasteiger partial charge is 0.323 e. The number of benzene rings is 2. The fourth-order valence-corrected chi connectivity index (χ4v) is 5.04. The van der Waals surface area contributed by atoms with Crippen molar-refractivity contribution in [2.24, 2.45) is 5.92 Å². The lowest BCUT2D eigenvalue weighted by Gasteiger charge is -2.30. The molecule has 0 radical (unpaired) electrons. The van der Waals surface area contributed by atoms with Gasteiger partial charge in [0.2, 0.25) is 15.9 Å². The molecule has 0 saturated carbocycles. The third kappa shape index (κ3) is 4.58. The number of carbonyl (C=O) groups excluding carboxylic acids is 1. The van der Waals surface area contributed by atoms with Crippen molar-refractivity contribution in [1.82, 2.24) is 4.31 Å². The summed E-state index contributed by atoms with van der Waals surface area (Å²) < 4.78 is 26.8. The standard InChI is InChI=1S/C18H17Cl3N2O3S/c19-13-4-6-14(7-5-13)27(25,26)23-10-8-12(9-11-23)18(24)22-17-15(20)2-1-3-16(17)21/h1-7,12H,8-11H2,(H,22,24). The second-order valence-electron chi connectivity index (χ2n) is 6.22. The molecule has 0 aliphatic carbocycles. The Morgan fingerprint density at radius 2 is 1.52 bits per heavy atom. The van der Waals surface area contributed by atoms with Crippen LogP contribution in [0.15, 0.2) is 47.4 Å². The number of sulfonamides is 1. The first-order valence-electron chi connectivity index (χ1n) is 8.29. The van der Waals surface area contributed by atoms with Gasteiger partial charge in [0.15, 0.2) is 0 Å². The van der Waals surface area contributed by atoms with Crippen molar-refractivity contribution in [2.45, 2.75) is 17.7 Å². The molecule has 2 aromatic rings. The smallest absolute Gasteiger partial charge is 0.243 e. The summed E-state index contributed by atoms with van der Waals surface area (Å²) in [5.74, 6) is -0.525. The molecule has 5 nitrogen and oxygen atoms in total. The van der Waals surface area contributed by atoms with Gasteiger partial charge in [-0.3, -0.25) is 4.79 Å². The molecule has 144 valence electrons. The van der Waals surface area contributed by atoms with Crippen LogP contribution in [0.1, 0.15) is 12.8 Å². The van der Waals surface area contributed by atoms with Crippen molar-refractivity contribution in [1.29, 1.82) is 0 Å². The second kappa shape index (κ2) is 8.37. The van der Waals surface area contributed by atoms with Gasteiger partial charge in [0, 0.05) is 24.0 Å². The molecule has 9 heteroatoms. The molecule has 3 rings (SSSR count). The van der Waals surface area contributed by atoms with Crippen LogP contribution < -0.4 is 5.32 Å². The minimum Gasteiger partial charge on any atom is -0.323 e. The summed E-state index contributed by atoms with van der Waals surface area (Å²) in [5, 5.41) is 3.95. The van der Waals surface area contributed by atoms with Gasteiger partial charge in [-0.25, -0.2) is 8.42 Å². The van der Waals surface area contributed by atoms with Crippen molar-refractivity contribution in [2.75, 3.05) is 18.4 Å². The van der Waals surface area contributed by atoms with Crippen LogP contribution in [0.3, 0.4) is 0 Å². The number of piperidine rings is 1. The normalized spacial score (nSPS) is 16.3. The Balaban J connectivity index is 1.64. The summed E-state index contributed by atoms with van der Waals surface area (Å²) in [5.41, 5.74) is 0.377. The number of rotatable bonds is 4. The fourth-order valence-electron chi connectivity index (χ4n) is 2.96. The van der Waals surface area contributed by atoms with Crippen LogP contribution in [-0.2, 0) is 14.8 Å². The summed E-state index contributed by atoms with van der Waals surface area (Å²) in [7, 11) is -3.60. The Kier molecular flexibility index (Phi) is 6.33. The molecule has 1 aliphatic rings. The number of carbonyl (C=O) groups is 1. The van der Waals surface area contributed by atoms with E-state index in [4.69, 9.17) is 34.8 Å². The van der Waals surface area contributed by atoms with Crippen LogP contribution in [0, 0.1) is 5.92 Å². The Bertz CT molecular complexity index is 921. The number of para-hydroxylation sites is 1. The minimum absolute atomic E-state index is 0.192. The molecule has 1 aliphatic heterocycles. The Labute approximate surface area is 173 Å². The third-order valence-electron chi connectivity index (χ3n) is 4.49. The maximum Gasteiger partial charge on any atom is 0.243 e. The number of nitrogens with zero attached hydrogens (tertiary/aromatic N) is 1. The molecule has 1 amide bonds. The predicted molar refractivity (Wildman–Crippen MR) is 108 cm³/mol. The zero-order valence-electron chi connectivity index (χ0n) is 14.2. The summed E-state index contributed by atoms with van der Waals surface area (Å²) in [6, 6.07) is 11.0. The molecule has 0 unspecified atom stereocenters. The summed E-state index contributed by atoms with van der Waals surface area (Å²) >= 11 is 18.0. The van der Waals surface area contributed by atoms with E-state index in [9.17, 15) is 13.2 Å². The van der Waals surface area contributed by atoms with Gasteiger partial charge in [0.05, 0.1) is 20.6 Å². The van der Waals surface area contributed by atoms with Crippen LogP contribution in [0.2, 0.25) is 15.1 Å². The average molecular weight is 448 g/mol. The lowest BCUT2D eigenvalue weighted by Crippen LogP contribution is -2.41. The van der Waals surface area contributed by atoms with Crippen molar-refractivity contribution < 1.29 is 13.2 Å². The first kappa shape index (κ1) is 20.4. The maximum atomic E-state index is 12.7. The van der Waals surface area contributed by atoms with Gasteiger partial charge >= 0.3 is 0 Å². The zero-order valence-corrected chi connectivity index (χ0v) is 17.2. The number of hydrogen-bond acceptors (Lipinski definition) is 3. The molecule has 1 fully saturated rings. The van der Waals surface area contributed by atoms with Gasteiger partial charge in [-0.05, 0) is 49.2 Å². The monoisotopic (exact) mass is 446 g/mol. The Morgan fingerprint density at radius 3 is 2.07 bits per heavy atom. The average Bonchev–Trinajstić information content (AvgIpc) is 2.65. The maximum absolute atomic E-state index is 12.7. The van der Waals surface area contributed by atoms with Crippen LogP contribution in [0.4, 0.5) is 5.69 Å². The summed E-state index contributed by atoms with van der Waals surface area (Å²) in [4.78, 5) is 12.7. The van der Waals surface area contributed by atoms with Crippen LogP contribution in [-0.4, -0.2) is 31.7 Å². The first-order valence-corrected chi connectivity index (χ1v) is 10.9. The van der Waals surface area contributed by atoms with E-state index in [-0.39, 0.29) is 29.8 Å². The highest BCUT2D eigenvalue weighted by Crippen LogP contribution is 2.31. The number of halogens is 3. The molecule has 1 saturated heterocycles. The van der Waals surface area contributed by atoms with Crippen molar-refractivity contribution in [3.8, 4) is 0 Å². The van der Waals surface area contributed by atoms with Gasteiger partial charge in [0.1, 0.15) is 0 Å². The summed E-state index contributed by atoms with van der Waals surface area (Å²) in [6.45, 7) is 0.526. The summed E-state index contributed by atoms with van der Waals surface area (Å²) in [6.07, 6.45) is 0.835. The lowest BCUT2D eigenvalue weighted by molar-refractivity contribution is -0.120. The molecular formula is C18H17Cl3N2O3S. The highest BCUT2D eigenvalue weighted by Gasteiger charge is 2.32. The van der Waals surface area contributed by atoms with E-state index in [1.165, 1.54) is 16.4 Å². The van der Waals surface area contributed by atoms with E-state index in [0.29, 0.717) is 33.6 Å². The van der Waals surface area contributed by atoms with Gasteiger partial charge in [0.25, 0.3) is 0 Å². The molecule has 0 atom stereocenters. The molecule has 27 heavy (non-hydrogen) atoms. The van der Waals surface area contributed by atoms with E-state index in [2.05, 4.69) is 5.32 Å². The minimum atomic E-state index is -3.60. The van der Waals surface area contributed by atoms with Crippen LogP contribution >= 0.6 is 34.8 Å². The predicted octanol–water partition coefficient (Wildman–Crippen LogP) is 4.69. The van der Waals surface area contributed by atoms with E-state index < -0.39 is 10.0 Å². The highest BCUT2D eigenvalue weighted by atomic mass is 35.5. The molecular weight excluding hydrogens is 431 g/mol. The van der Waals surface area contributed by atoms with Crippen molar-refractivity contribution in [3.63, 3.8) is 0 Å². The number of hydrogen-bond donors (Lipinski definition) is 1. The molecule has 2 aromatic carbocycles. The van der Waals surface area contributed by atoms with Gasteiger partial charge in [-0.15, -0.1) is 0 Å². The van der Waals surface area contributed by atoms with Gasteiger partial charge in [-0.1, -0.05) is 40.9 Å². The molecule has 0 bridgehead atoms. The van der Waals surface area contributed by atoms with E-state index in [0.717, 1.165) is 0 Å². The molecule has 1 heterocycles. The van der Waals surface area contributed by atoms with E-state index in [1.54, 1.807) is 30.3 Å². The lowest BCUT2D eigenvalue weighted by atomic mass is 9.97. The molecule has 0 aromatic heterocycles. The zero-order chi connectivity index (χ0) is 19.6. The van der Waals surface area contributed by atoms with Gasteiger partial charge in [-0.2, -0.15) is 4.31 Å². The first-order chi connectivity index (χ1) is 12.8. The van der Waals surface area contributed by atoms with Crippen LogP contribution in [0.5, 0.6) is 0 Å². The van der Waals surface area contributed by atoms with Crippen molar-refractivity contribution >= 4 is 56.4 Å². The Morgan fingerprint density at radius 1 is 0.963 bits per heavy atom. The molecule has 1 N–H and O–H groups in total. The van der Waals surface area contributed by atoms with E-state index in [1.807, 2.05) is 0 Å². The number of nitrogens with one attached hydrogen (secondary N) is 1. The Hall–Kier alpha value is -1.31.